The van der Waals surface area contributed by atoms with Gasteiger partial charge in [0.15, 0.2) is 0 Å². The van der Waals surface area contributed by atoms with Gasteiger partial charge >= 0.3 is 0 Å². The molecule has 80 valence electrons. The summed E-state index contributed by atoms with van der Waals surface area (Å²) in [6.07, 6.45) is 1.81. The Balaban J connectivity index is 0. The molecule has 2 heteroatoms. The van der Waals surface area contributed by atoms with E-state index in [9.17, 15) is 0 Å². The predicted octanol–water partition coefficient (Wildman–Crippen LogP) is 4.25. The zero-order chi connectivity index (χ0) is 10.1. The van der Waals surface area contributed by atoms with Crippen LogP contribution in [0.15, 0.2) is 30.5 Å². The van der Waals surface area contributed by atoms with Crippen molar-refractivity contribution >= 4 is 10.9 Å². The lowest BCUT2D eigenvalue weighted by Gasteiger charge is -1.81. The molecule has 0 saturated heterocycles. The fourth-order valence-corrected chi connectivity index (χ4v) is 0.883. The van der Waals surface area contributed by atoms with Gasteiger partial charge < -0.3 is 0 Å². The smallest absolute Gasteiger partial charge is 0.0650 e. The second kappa shape index (κ2) is 9.78. The molecule has 2 aromatic rings. The molecular formula is C12H22N2. The van der Waals surface area contributed by atoms with E-state index < -0.39 is 0 Å². The molecule has 0 aliphatic carbocycles. The minimum absolute atomic E-state index is 0. The van der Waals surface area contributed by atoms with Crippen LogP contribution in [0.3, 0.4) is 0 Å². The zero-order valence-corrected chi connectivity index (χ0v) is 8.83. The summed E-state index contributed by atoms with van der Waals surface area (Å²) in [4.78, 5) is 0. The van der Waals surface area contributed by atoms with Gasteiger partial charge in [0.05, 0.1) is 11.7 Å². The van der Waals surface area contributed by atoms with Gasteiger partial charge in [-0.25, -0.2) is 0 Å². The van der Waals surface area contributed by atoms with Gasteiger partial charge in [0.1, 0.15) is 0 Å². The third-order valence-electron chi connectivity index (χ3n) is 1.35. The van der Waals surface area contributed by atoms with Crippen molar-refractivity contribution in [3.63, 3.8) is 0 Å². The number of H-pyrrole nitrogens is 1. The van der Waals surface area contributed by atoms with Gasteiger partial charge in [0, 0.05) is 5.39 Å². The van der Waals surface area contributed by atoms with Gasteiger partial charge in [-0.1, -0.05) is 53.3 Å². The summed E-state index contributed by atoms with van der Waals surface area (Å²) in [6, 6.07) is 8.01. The van der Waals surface area contributed by atoms with Crippen LogP contribution >= 0.6 is 0 Å². The molecule has 0 bridgehead atoms. The van der Waals surface area contributed by atoms with E-state index in [1.807, 2.05) is 58.2 Å². The molecule has 1 aromatic heterocycles. The normalized spacial score (nSPS) is 7.43. The summed E-state index contributed by atoms with van der Waals surface area (Å²) in [5, 5.41) is 7.91. The lowest BCUT2D eigenvalue weighted by atomic mass is 10.3. The molecule has 0 unspecified atom stereocenters. The van der Waals surface area contributed by atoms with E-state index in [-0.39, 0.29) is 7.43 Å². The Labute approximate surface area is 87.4 Å². The second-order valence-corrected chi connectivity index (χ2v) is 1.96. The van der Waals surface area contributed by atoms with E-state index in [2.05, 4.69) is 10.2 Å². The summed E-state index contributed by atoms with van der Waals surface area (Å²) in [6.45, 7) is 8.00. The van der Waals surface area contributed by atoms with Crippen molar-refractivity contribution in [1.82, 2.24) is 10.2 Å². The van der Waals surface area contributed by atoms with Gasteiger partial charge in [-0.2, -0.15) is 5.10 Å². The number of hydrogen-bond acceptors (Lipinski definition) is 1. The van der Waals surface area contributed by atoms with Crippen LogP contribution in [0.25, 0.3) is 10.9 Å². The van der Waals surface area contributed by atoms with E-state index in [1.165, 1.54) is 0 Å². The molecule has 0 amide bonds. The second-order valence-electron chi connectivity index (χ2n) is 1.96. The number of benzene rings is 1. The quantitative estimate of drug-likeness (QED) is 0.667. The molecule has 0 aliphatic heterocycles. The van der Waals surface area contributed by atoms with E-state index >= 15 is 0 Å². The Morgan fingerprint density at radius 3 is 2.14 bits per heavy atom. The molecule has 0 fully saturated rings. The molecule has 0 saturated carbocycles. The Kier molecular flexibility index (Phi) is 10.6. The molecule has 2 nitrogen and oxygen atoms in total. The third-order valence-corrected chi connectivity index (χ3v) is 1.35. The number of rotatable bonds is 0. The third kappa shape index (κ3) is 4.08. The van der Waals surface area contributed by atoms with Gasteiger partial charge in [0.2, 0.25) is 0 Å². The molecule has 1 heterocycles. The van der Waals surface area contributed by atoms with Crippen LogP contribution in [-0.4, -0.2) is 10.2 Å². The maximum absolute atomic E-state index is 3.88. The standard InChI is InChI=1S/C7H6N2.2C2H6.CH4/c1-2-4-7-6(3-1)5-8-9-7;2*1-2;/h1-5H,(H,8,9);2*1-2H3;1H4. The average molecular weight is 194 g/mol. The summed E-state index contributed by atoms with van der Waals surface area (Å²) in [5.41, 5.74) is 1.09. The van der Waals surface area contributed by atoms with E-state index in [0.717, 1.165) is 10.9 Å². The largest absolute Gasteiger partial charge is 0.278 e. The van der Waals surface area contributed by atoms with Gasteiger partial charge in [-0.3, -0.25) is 5.10 Å². The minimum atomic E-state index is 0. The Hall–Kier alpha value is -1.31. The Morgan fingerprint density at radius 1 is 1.00 bits per heavy atom. The number of fused-ring (bicyclic) bond motifs is 1. The molecule has 0 aliphatic rings. The van der Waals surface area contributed by atoms with Crippen LogP contribution in [0.5, 0.6) is 0 Å². The summed E-state index contributed by atoms with van der Waals surface area (Å²) in [7, 11) is 0. The van der Waals surface area contributed by atoms with E-state index in [1.54, 1.807) is 0 Å². The van der Waals surface area contributed by atoms with E-state index in [0.29, 0.717) is 0 Å². The van der Waals surface area contributed by atoms with Crippen molar-refractivity contribution in [2.75, 3.05) is 0 Å². The van der Waals surface area contributed by atoms with E-state index in [4.69, 9.17) is 0 Å². The number of aromatic amines is 1. The van der Waals surface area contributed by atoms with Crippen LogP contribution in [0, 0.1) is 0 Å². The Bertz CT molecular complexity index is 282. The van der Waals surface area contributed by atoms with Gasteiger partial charge in [-0.15, -0.1) is 0 Å². The molecule has 1 aromatic carbocycles. The minimum Gasteiger partial charge on any atom is -0.278 e. The zero-order valence-electron chi connectivity index (χ0n) is 8.83. The highest BCUT2D eigenvalue weighted by atomic mass is 15.1. The van der Waals surface area contributed by atoms with Crippen LogP contribution in [-0.2, 0) is 0 Å². The van der Waals surface area contributed by atoms with Crippen LogP contribution in [0.2, 0.25) is 0 Å². The summed E-state index contributed by atoms with van der Waals surface area (Å²) < 4.78 is 0. The number of para-hydroxylation sites is 1. The van der Waals surface area contributed by atoms with Crippen molar-refractivity contribution in [1.29, 1.82) is 0 Å². The monoisotopic (exact) mass is 194 g/mol. The highest BCUT2D eigenvalue weighted by Gasteiger charge is 1.88. The SMILES string of the molecule is C.CC.CC.c1ccc2[nH]ncc2c1. The molecule has 2 rings (SSSR count). The van der Waals surface area contributed by atoms with Crippen LogP contribution < -0.4 is 0 Å². The fraction of sp³-hybridized carbons (Fsp3) is 0.417. The number of nitrogens with one attached hydrogen (secondary N) is 1. The molecular weight excluding hydrogens is 172 g/mol. The first-order chi connectivity index (χ1) is 6.47. The van der Waals surface area contributed by atoms with Crippen molar-refractivity contribution in [2.24, 2.45) is 0 Å². The number of nitrogens with zero attached hydrogens (tertiary/aromatic N) is 1. The molecule has 0 radical (unpaired) electrons. The number of aromatic nitrogens is 2. The topological polar surface area (TPSA) is 28.7 Å². The first kappa shape index (κ1) is 15.2. The predicted molar refractivity (Wildman–Crippen MR) is 65.5 cm³/mol. The van der Waals surface area contributed by atoms with Gasteiger partial charge in [0.25, 0.3) is 0 Å². The first-order valence-electron chi connectivity index (χ1n) is 4.85. The average Bonchev–Trinajstić information content (AvgIpc) is 2.71. The maximum atomic E-state index is 3.88. The molecule has 1 N–H and O–H groups in total. The molecule has 0 spiro atoms. The molecule has 0 atom stereocenters. The van der Waals surface area contributed by atoms with Crippen LogP contribution in [0.4, 0.5) is 0 Å². The van der Waals surface area contributed by atoms with Crippen molar-refractivity contribution < 1.29 is 0 Å². The first-order valence-corrected chi connectivity index (χ1v) is 4.85. The van der Waals surface area contributed by atoms with Crippen molar-refractivity contribution in [3.05, 3.63) is 30.5 Å². The summed E-state index contributed by atoms with van der Waals surface area (Å²) in [5.74, 6) is 0. The molecule has 14 heavy (non-hydrogen) atoms. The fourth-order valence-electron chi connectivity index (χ4n) is 0.883. The Morgan fingerprint density at radius 2 is 1.57 bits per heavy atom. The van der Waals surface area contributed by atoms with Crippen LogP contribution in [0.1, 0.15) is 35.1 Å². The lowest BCUT2D eigenvalue weighted by molar-refractivity contribution is 1.12. The maximum Gasteiger partial charge on any atom is 0.0650 e. The summed E-state index contributed by atoms with van der Waals surface area (Å²) >= 11 is 0. The van der Waals surface area contributed by atoms with Crippen molar-refractivity contribution in [3.8, 4) is 0 Å². The van der Waals surface area contributed by atoms with Crippen molar-refractivity contribution in [2.45, 2.75) is 35.1 Å². The highest BCUT2D eigenvalue weighted by molar-refractivity contribution is 5.77. The van der Waals surface area contributed by atoms with Gasteiger partial charge in [-0.05, 0) is 6.07 Å². The number of hydrogen-bond donors (Lipinski definition) is 1. The lowest BCUT2D eigenvalue weighted by Crippen LogP contribution is -1.63. The highest BCUT2D eigenvalue weighted by Crippen LogP contribution is 2.06.